The molecule has 1 aliphatic heterocycles. The Kier molecular flexibility index (Phi) is 5.73. The first-order valence-electron chi connectivity index (χ1n) is 6.53. The minimum absolute atomic E-state index is 0.399. The van der Waals surface area contributed by atoms with Crippen LogP contribution in [0.25, 0.3) is 0 Å². The predicted molar refractivity (Wildman–Crippen MR) is 68.7 cm³/mol. The Balaban J connectivity index is 2.02. The van der Waals surface area contributed by atoms with Gasteiger partial charge in [0.25, 0.3) is 0 Å². The normalized spacial score (nSPS) is 24.4. The second-order valence-electron chi connectivity index (χ2n) is 5.96. The monoisotopic (exact) mass is 228 g/mol. The summed E-state index contributed by atoms with van der Waals surface area (Å²) in [5, 5.41) is 6.89. The number of nitrogens with one attached hydrogen (secondary N) is 2. The summed E-state index contributed by atoms with van der Waals surface area (Å²) in [6, 6.07) is 0. The Morgan fingerprint density at radius 2 is 2.19 bits per heavy atom. The first kappa shape index (κ1) is 13.9. The van der Waals surface area contributed by atoms with Gasteiger partial charge in [0.15, 0.2) is 0 Å². The van der Waals surface area contributed by atoms with Gasteiger partial charge in [-0.15, -0.1) is 0 Å². The van der Waals surface area contributed by atoms with Gasteiger partial charge < -0.3 is 15.4 Å². The van der Waals surface area contributed by atoms with E-state index in [0.717, 1.165) is 39.2 Å². The van der Waals surface area contributed by atoms with Crippen molar-refractivity contribution in [2.24, 2.45) is 11.3 Å². The van der Waals surface area contributed by atoms with E-state index < -0.39 is 0 Å². The third-order valence-corrected chi connectivity index (χ3v) is 3.58. The molecule has 0 saturated carbocycles. The zero-order chi connectivity index (χ0) is 12.0. The lowest BCUT2D eigenvalue weighted by Gasteiger charge is -2.28. The fourth-order valence-corrected chi connectivity index (χ4v) is 1.69. The molecule has 0 aromatic rings. The SMILES string of the molecule is CC(CNCCC1CNCCO1)C(C)(C)C. The van der Waals surface area contributed by atoms with E-state index in [1.807, 2.05) is 0 Å². The predicted octanol–water partition coefficient (Wildman–Crippen LogP) is 1.64. The number of hydrogen-bond acceptors (Lipinski definition) is 3. The fraction of sp³-hybridized carbons (Fsp3) is 1.00. The van der Waals surface area contributed by atoms with Crippen molar-refractivity contribution < 1.29 is 4.74 Å². The average molecular weight is 228 g/mol. The Labute approximate surface area is 100 Å². The largest absolute Gasteiger partial charge is 0.376 e. The van der Waals surface area contributed by atoms with E-state index in [1.54, 1.807) is 0 Å². The summed E-state index contributed by atoms with van der Waals surface area (Å²) in [5.74, 6) is 0.706. The van der Waals surface area contributed by atoms with Crippen LogP contribution in [-0.4, -0.2) is 38.9 Å². The van der Waals surface area contributed by atoms with E-state index >= 15 is 0 Å². The number of ether oxygens (including phenoxy) is 1. The van der Waals surface area contributed by atoms with Gasteiger partial charge in [-0.05, 0) is 30.8 Å². The van der Waals surface area contributed by atoms with Gasteiger partial charge in [-0.25, -0.2) is 0 Å². The highest BCUT2D eigenvalue weighted by Gasteiger charge is 2.19. The second-order valence-corrected chi connectivity index (χ2v) is 5.96. The lowest BCUT2D eigenvalue weighted by Crippen LogP contribution is -2.40. The van der Waals surface area contributed by atoms with Crippen LogP contribution in [0, 0.1) is 11.3 Å². The molecule has 1 heterocycles. The third-order valence-electron chi connectivity index (χ3n) is 3.58. The molecule has 0 bridgehead atoms. The molecule has 0 aromatic carbocycles. The molecule has 0 radical (unpaired) electrons. The first-order chi connectivity index (χ1) is 7.50. The maximum absolute atomic E-state index is 5.65. The summed E-state index contributed by atoms with van der Waals surface area (Å²) in [7, 11) is 0. The van der Waals surface area contributed by atoms with E-state index in [9.17, 15) is 0 Å². The second kappa shape index (κ2) is 6.58. The lowest BCUT2D eigenvalue weighted by molar-refractivity contribution is 0.0236. The number of hydrogen-bond donors (Lipinski definition) is 2. The molecule has 2 atom stereocenters. The van der Waals surface area contributed by atoms with Crippen molar-refractivity contribution in [1.82, 2.24) is 10.6 Å². The molecular weight excluding hydrogens is 200 g/mol. The lowest BCUT2D eigenvalue weighted by atomic mass is 9.82. The van der Waals surface area contributed by atoms with Crippen molar-refractivity contribution in [3.05, 3.63) is 0 Å². The summed E-state index contributed by atoms with van der Waals surface area (Å²) in [5.41, 5.74) is 0.399. The van der Waals surface area contributed by atoms with Gasteiger partial charge in [-0.1, -0.05) is 27.7 Å². The van der Waals surface area contributed by atoms with Gasteiger partial charge in [0.05, 0.1) is 12.7 Å². The van der Waals surface area contributed by atoms with E-state index in [2.05, 4.69) is 38.3 Å². The topological polar surface area (TPSA) is 33.3 Å². The molecule has 0 aliphatic carbocycles. The summed E-state index contributed by atoms with van der Waals surface area (Å²) in [4.78, 5) is 0. The van der Waals surface area contributed by atoms with E-state index in [1.165, 1.54) is 0 Å². The van der Waals surface area contributed by atoms with Crippen LogP contribution < -0.4 is 10.6 Å². The van der Waals surface area contributed by atoms with Crippen LogP contribution in [0.3, 0.4) is 0 Å². The molecule has 0 aromatic heterocycles. The minimum Gasteiger partial charge on any atom is -0.376 e. The smallest absolute Gasteiger partial charge is 0.0712 e. The Bertz CT molecular complexity index is 183. The molecule has 1 fully saturated rings. The summed E-state index contributed by atoms with van der Waals surface area (Å²) in [6.07, 6.45) is 1.52. The molecule has 96 valence electrons. The zero-order valence-electron chi connectivity index (χ0n) is 11.3. The first-order valence-corrected chi connectivity index (χ1v) is 6.53. The fourth-order valence-electron chi connectivity index (χ4n) is 1.69. The number of rotatable bonds is 5. The van der Waals surface area contributed by atoms with E-state index in [-0.39, 0.29) is 0 Å². The van der Waals surface area contributed by atoms with Crippen LogP contribution in [0.1, 0.15) is 34.1 Å². The van der Waals surface area contributed by atoms with E-state index in [4.69, 9.17) is 4.74 Å². The van der Waals surface area contributed by atoms with Crippen molar-refractivity contribution in [1.29, 1.82) is 0 Å². The highest BCUT2D eigenvalue weighted by Crippen LogP contribution is 2.24. The molecule has 1 rings (SSSR count). The molecule has 1 aliphatic rings. The summed E-state index contributed by atoms with van der Waals surface area (Å²) < 4.78 is 5.65. The number of morpholine rings is 1. The van der Waals surface area contributed by atoms with Crippen molar-refractivity contribution in [3.8, 4) is 0 Å². The van der Waals surface area contributed by atoms with Crippen molar-refractivity contribution >= 4 is 0 Å². The quantitative estimate of drug-likeness (QED) is 0.702. The standard InChI is InChI=1S/C13H28N2O/c1-11(13(2,3)4)9-14-6-5-12-10-15-7-8-16-12/h11-12,14-15H,5-10H2,1-4H3. The Morgan fingerprint density at radius 1 is 1.44 bits per heavy atom. The van der Waals surface area contributed by atoms with Gasteiger partial charge in [-0.3, -0.25) is 0 Å². The highest BCUT2D eigenvalue weighted by molar-refractivity contribution is 4.73. The minimum atomic E-state index is 0.399. The van der Waals surface area contributed by atoms with Crippen LogP contribution in [0.5, 0.6) is 0 Å². The van der Waals surface area contributed by atoms with Crippen molar-refractivity contribution in [2.75, 3.05) is 32.8 Å². The van der Waals surface area contributed by atoms with Crippen LogP contribution in [0.2, 0.25) is 0 Å². The van der Waals surface area contributed by atoms with Crippen LogP contribution in [0.15, 0.2) is 0 Å². The zero-order valence-corrected chi connectivity index (χ0v) is 11.3. The van der Waals surface area contributed by atoms with Gasteiger partial charge >= 0.3 is 0 Å². The highest BCUT2D eigenvalue weighted by atomic mass is 16.5. The molecule has 2 N–H and O–H groups in total. The molecular formula is C13H28N2O. The van der Waals surface area contributed by atoms with Crippen LogP contribution in [0.4, 0.5) is 0 Å². The molecule has 0 spiro atoms. The van der Waals surface area contributed by atoms with E-state index in [0.29, 0.717) is 17.4 Å². The van der Waals surface area contributed by atoms with Crippen LogP contribution in [-0.2, 0) is 4.74 Å². The maximum atomic E-state index is 5.65. The molecule has 0 amide bonds. The van der Waals surface area contributed by atoms with Gasteiger partial charge in [0.1, 0.15) is 0 Å². The Hall–Kier alpha value is -0.120. The summed E-state index contributed by atoms with van der Waals surface area (Å²) in [6.45, 7) is 14.3. The van der Waals surface area contributed by atoms with Crippen molar-refractivity contribution in [2.45, 2.75) is 40.2 Å². The molecule has 3 nitrogen and oxygen atoms in total. The Morgan fingerprint density at radius 3 is 2.75 bits per heavy atom. The van der Waals surface area contributed by atoms with Gasteiger partial charge in [0.2, 0.25) is 0 Å². The third kappa shape index (κ3) is 5.28. The molecule has 3 heteroatoms. The molecule has 1 saturated heterocycles. The maximum Gasteiger partial charge on any atom is 0.0712 e. The summed E-state index contributed by atoms with van der Waals surface area (Å²) >= 11 is 0. The average Bonchev–Trinajstić information content (AvgIpc) is 2.24. The van der Waals surface area contributed by atoms with Gasteiger partial charge in [-0.2, -0.15) is 0 Å². The van der Waals surface area contributed by atoms with Crippen molar-refractivity contribution in [3.63, 3.8) is 0 Å². The molecule has 2 unspecified atom stereocenters. The van der Waals surface area contributed by atoms with Gasteiger partial charge in [0, 0.05) is 13.1 Å². The van der Waals surface area contributed by atoms with Crippen LogP contribution >= 0.6 is 0 Å². The molecule has 16 heavy (non-hydrogen) atoms.